The van der Waals surface area contributed by atoms with E-state index >= 15 is 0 Å². The molecule has 0 amide bonds. The Kier molecular flexibility index (Phi) is 7.21. The van der Waals surface area contributed by atoms with Gasteiger partial charge in [-0.05, 0) is 48.4 Å². The van der Waals surface area contributed by atoms with Crippen molar-refractivity contribution in [1.29, 1.82) is 0 Å². The molecule has 0 unspecified atom stereocenters. The first kappa shape index (κ1) is 25.2. The number of nitrogens with one attached hydrogen (secondary N) is 1. The highest BCUT2D eigenvalue weighted by Gasteiger charge is 2.32. The third kappa shape index (κ3) is 6.79. The van der Waals surface area contributed by atoms with Crippen molar-refractivity contribution in [2.24, 2.45) is 0 Å². The lowest BCUT2D eigenvalue weighted by atomic mass is 10.2. The summed E-state index contributed by atoms with van der Waals surface area (Å²) < 4.78 is 106. The number of halogens is 5. The Morgan fingerprint density at radius 3 is 2.24 bits per heavy atom. The lowest BCUT2D eigenvalue weighted by molar-refractivity contribution is -0.274. The molecule has 3 aromatic rings. The minimum atomic E-state index is -4.96. The minimum absolute atomic E-state index is 0.148. The van der Waals surface area contributed by atoms with E-state index in [9.17, 15) is 34.4 Å². The molecule has 0 radical (unpaired) electrons. The lowest BCUT2D eigenvalue weighted by Gasteiger charge is -2.12. The summed E-state index contributed by atoms with van der Waals surface area (Å²) in [5, 5.41) is -1.17. The molecule has 1 aromatic heterocycles. The summed E-state index contributed by atoms with van der Waals surface area (Å²) in [5.74, 6) is -1.12. The number of rotatable bonds is 8. The number of anilines is 1. The quantitative estimate of drug-likeness (QED) is 0.414. The average molecular weight is 545 g/mol. The van der Waals surface area contributed by atoms with Crippen molar-refractivity contribution < 1.29 is 39.1 Å². The van der Waals surface area contributed by atoms with Crippen molar-refractivity contribution in [3.8, 4) is 5.75 Å². The molecule has 0 saturated heterocycles. The van der Waals surface area contributed by atoms with Gasteiger partial charge < -0.3 is 4.74 Å². The zero-order valence-electron chi connectivity index (χ0n) is 16.1. The van der Waals surface area contributed by atoms with E-state index in [0.29, 0.717) is 11.3 Å². The van der Waals surface area contributed by atoms with Crippen LogP contribution in [0.3, 0.4) is 0 Å². The number of alkyl halides is 3. The predicted molar refractivity (Wildman–Crippen MR) is 113 cm³/mol. The number of hydrogen-bond acceptors (Lipinski definition) is 7. The van der Waals surface area contributed by atoms with Gasteiger partial charge in [0.2, 0.25) is 0 Å². The highest BCUT2D eigenvalue weighted by molar-refractivity contribution is 7.93. The standard InChI is InChI=1S/C18H13ClF4N2O5S3/c19-14-6-1-11(9-15(14)30-18(21,22)23)7-8-32(26,27)12-2-4-13(5-3-12)33(28,29)25-17-24-10-16(20)31-17/h1-6,9-10H,7-8H2,(H,24,25). The fourth-order valence-corrected chi connectivity index (χ4v) is 5.81. The number of nitrogens with zero attached hydrogens (tertiary/aromatic N) is 1. The molecule has 0 aliphatic carbocycles. The molecular weight excluding hydrogens is 532 g/mol. The van der Waals surface area contributed by atoms with Crippen molar-refractivity contribution in [2.75, 3.05) is 10.5 Å². The van der Waals surface area contributed by atoms with E-state index in [-0.39, 0.29) is 31.9 Å². The Labute approximate surface area is 195 Å². The number of aromatic nitrogens is 1. The molecule has 0 aliphatic rings. The molecule has 0 atom stereocenters. The number of thiazole rings is 1. The van der Waals surface area contributed by atoms with Gasteiger partial charge in [-0.2, -0.15) is 4.39 Å². The fourth-order valence-electron chi connectivity index (χ4n) is 2.58. The molecular formula is C18H13ClF4N2O5S3. The average Bonchev–Trinajstić information content (AvgIpc) is 3.11. The molecule has 7 nitrogen and oxygen atoms in total. The van der Waals surface area contributed by atoms with Crippen LogP contribution >= 0.6 is 22.9 Å². The van der Waals surface area contributed by atoms with Gasteiger partial charge in [0.25, 0.3) is 10.0 Å². The van der Waals surface area contributed by atoms with Crippen LogP contribution in [0.25, 0.3) is 0 Å². The van der Waals surface area contributed by atoms with Gasteiger partial charge in [-0.1, -0.05) is 29.0 Å². The molecule has 0 aliphatic heterocycles. The first-order valence-corrected chi connectivity index (χ1v) is 13.1. The van der Waals surface area contributed by atoms with Gasteiger partial charge in [-0.25, -0.2) is 21.8 Å². The van der Waals surface area contributed by atoms with Gasteiger partial charge in [0.15, 0.2) is 20.1 Å². The minimum Gasteiger partial charge on any atom is -0.404 e. The van der Waals surface area contributed by atoms with E-state index in [1.807, 2.05) is 0 Å². The summed E-state index contributed by atoms with van der Waals surface area (Å²) >= 11 is 6.16. The summed E-state index contributed by atoms with van der Waals surface area (Å²) in [4.78, 5) is 3.08. The van der Waals surface area contributed by atoms with Crippen molar-refractivity contribution in [3.63, 3.8) is 0 Å². The van der Waals surface area contributed by atoms with Crippen LogP contribution in [-0.4, -0.2) is 33.9 Å². The van der Waals surface area contributed by atoms with E-state index in [1.54, 1.807) is 0 Å². The third-order valence-electron chi connectivity index (χ3n) is 4.07. The van der Waals surface area contributed by atoms with E-state index in [2.05, 4.69) is 14.4 Å². The van der Waals surface area contributed by atoms with Crippen molar-refractivity contribution >= 4 is 47.9 Å². The monoisotopic (exact) mass is 544 g/mol. The first-order chi connectivity index (χ1) is 15.2. The van der Waals surface area contributed by atoms with E-state index < -0.39 is 42.9 Å². The fraction of sp³-hybridized carbons (Fsp3) is 0.167. The topological polar surface area (TPSA) is 102 Å². The maximum atomic E-state index is 13.0. The number of hydrogen-bond donors (Lipinski definition) is 1. The van der Waals surface area contributed by atoms with E-state index in [1.165, 1.54) is 6.07 Å². The van der Waals surface area contributed by atoms with Gasteiger partial charge >= 0.3 is 6.36 Å². The second-order valence-electron chi connectivity index (χ2n) is 6.43. The summed E-state index contributed by atoms with van der Waals surface area (Å²) in [7, 11) is -8.03. The summed E-state index contributed by atoms with van der Waals surface area (Å²) in [5.41, 5.74) is 0.237. The van der Waals surface area contributed by atoms with Gasteiger partial charge in [-0.15, -0.1) is 13.2 Å². The molecule has 3 rings (SSSR count). The zero-order chi connectivity index (χ0) is 24.4. The normalized spacial score (nSPS) is 12.5. The zero-order valence-corrected chi connectivity index (χ0v) is 19.3. The summed E-state index contributed by atoms with van der Waals surface area (Å²) in [6.07, 6.45) is -4.26. The Hall–Kier alpha value is -2.42. The molecule has 0 saturated carbocycles. The first-order valence-electron chi connectivity index (χ1n) is 8.76. The Morgan fingerprint density at radius 1 is 1.03 bits per heavy atom. The number of ether oxygens (including phenoxy) is 1. The van der Waals surface area contributed by atoms with E-state index in [0.717, 1.165) is 42.6 Å². The van der Waals surface area contributed by atoms with Gasteiger partial charge in [0.05, 0.1) is 26.8 Å². The second-order valence-corrected chi connectivity index (χ2v) is 11.6. The number of benzene rings is 2. The van der Waals surface area contributed by atoms with Crippen LogP contribution in [-0.2, 0) is 26.3 Å². The smallest absolute Gasteiger partial charge is 0.404 e. The van der Waals surface area contributed by atoms with Gasteiger partial charge in [0.1, 0.15) is 5.75 Å². The largest absolute Gasteiger partial charge is 0.573 e. The third-order valence-corrected chi connectivity index (χ3v) is 8.30. The van der Waals surface area contributed by atoms with Crippen LogP contribution in [0.15, 0.2) is 58.5 Å². The predicted octanol–water partition coefficient (Wildman–Crippen LogP) is 4.65. The van der Waals surface area contributed by atoms with Crippen molar-refractivity contribution in [2.45, 2.75) is 22.6 Å². The molecule has 1 heterocycles. The van der Waals surface area contributed by atoms with Crippen LogP contribution in [0.1, 0.15) is 5.56 Å². The van der Waals surface area contributed by atoms with Crippen molar-refractivity contribution in [3.05, 3.63) is 64.4 Å². The molecule has 0 fully saturated rings. The summed E-state index contributed by atoms with van der Waals surface area (Å²) in [6, 6.07) is 7.77. The van der Waals surface area contributed by atoms with Crippen LogP contribution in [0.4, 0.5) is 22.7 Å². The lowest BCUT2D eigenvalue weighted by Crippen LogP contribution is -2.17. The molecule has 178 valence electrons. The number of sulfonamides is 1. The molecule has 33 heavy (non-hydrogen) atoms. The maximum absolute atomic E-state index is 13.0. The van der Waals surface area contributed by atoms with E-state index in [4.69, 9.17) is 11.6 Å². The summed E-state index contributed by atoms with van der Waals surface area (Å²) in [6.45, 7) is 0. The number of sulfone groups is 1. The second kappa shape index (κ2) is 9.44. The number of aryl methyl sites for hydroxylation is 1. The molecule has 0 spiro atoms. The van der Waals surface area contributed by atoms with Crippen LogP contribution in [0, 0.1) is 5.13 Å². The molecule has 1 N–H and O–H groups in total. The highest BCUT2D eigenvalue weighted by atomic mass is 35.5. The maximum Gasteiger partial charge on any atom is 0.573 e. The Morgan fingerprint density at radius 2 is 1.67 bits per heavy atom. The SMILES string of the molecule is O=S(=O)(CCc1ccc(Cl)c(OC(F)(F)F)c1)c1ccc(S(=O)(=O)Nc2ncc(F)s2)cc1. The van der Waals surface area contributed by atoms with Gasteiger partial charge in [-0.3, -0.25) is 4.72 Å². The van der Waals surface area contributed by atoms with Crippen LogP contribution in [0.2, 0.25) is 5.02 Å². The highest BCUT2D eigenvalue weighted by Crippen LogP contribution is 2.31. The Bertz CT molecular complexity index is 1360. The molecule has 0 bridgehead atoms. The molecule has 2 aromatic carbocycles. The Balaban J connectivity index is 1.71. The van der Waals surface area contributed by atoms with Gasteiger partial charge in [0, 0.05) is 0 Å². The van der Waals surface area contributed by atoms with Crippen LogP contribution in [0.5, 0.6) is 5.75 Å². The van der Waals surface area contributed by atoms with Crippen molar-refractivity contribution in [1.82, 2.24) is 4.98 Å². The van der Waals surface area contributed by atoms with Crippen LogP contribution < -0.4 is 9.46 Å². The molecule has 15 heteroatoms.